The molecule has 0 unspecified atom stereocenters. The van der Waals surface area contributed by atoms with Crippen molar-refractivity contribution in [2.75, 3.05) is 5.32 Å². The van der Waals surface area contributed by atoms with Crippen LogP contribution in [-0.2, 0) is 0 Å². The van der Waals surface area contributed by atoms with Crippen LogP contribution in [0.1, 0.15) is 10.4 Å². The molecule has 0 aliphatic heterocycles. The number of nitrogens with zero attached hydrogens (tertiary/aromatic N) is 3. The van der Waals surface area contributed by atoms with Crippen LogP contribution in [0, 0.1) is 0 Å². The average Bonchev–Trinajstić information content (AvgIpc) is 3.08. The molecule has 6 heteroatoms. The van der Waals surface area contributed by atoms with Crippen molar-refractivity contribution < 1.29 is 4.79 Å². The SMILES string of the molecule is O=C(Nc1cccc2cccnc12)c1ccc(-n2cc(Br)cn2)cc1. The molecule has 1 amide bonds. The van der Waals surface area contributed by atoms with Gasteiger partial charge in [-0.25, -0.2) is 4.68 Å². The first kappa shape index (κ1) is 15.5. The largest absolute Gasteiger partial charge is 0.320 e. The number of hydrogen-bond acceptors (Lipinski definition) is 3. The van der Waals surface area contributed by atoms with Gasteiger partial charge in [-0.3, -0.25) is 9.78 Å². The van der Waals surface area contributed by atoms with E-state index in [0.717, 1.165) is 21.1 Å². The molecular formula is C19H13BrN4O. The molecule has 2 aromatic carbocycles. The van der Waals surface area contributed by atoms with Gasteiger partial charge in [-0.2, -0.15) is 5.10 Å². The van der Waals surface area contributed by atoms with E-state index in [1.807, 2.05) is 48.7 Å². The standard InChI is InChI=1S/C19H13BrN4O/c20-15-11-22-24(12-15)16-8-6-14(7-9-16)19(25)23-17-5-1-3-13-4-2-10-21-18(13)17/h1-12H,(H,23,25). The van der Waals surface area contributed by atoms with Crippen LogP contribution in [-0.4, -0.2) is 20.7 Å². The lowest BCUT2D eigenvalue weighted by atomic mass is 10.1. The fourth-order valence-corrected chi connectivity index (χ4v) is 2.89. The first-order valence-corrected chi connectivity index (χ1v) is 8.46. The highest BCUT2D eigenvalue weighted by Crippen LogP contribution is 2.21. The van der Waals surface area contributed by atoms with Gasteiger partial charge in [0, 0.05) is 23.3 Å². The molecule has 122 valence electrons. The minimum atomic E-state index is -0.175. The lowest BCUT2D eigenvalue weighted by Gasteiger charge is -2.08. The van der Waals surface area contributed by atoms with E-state index in [-0.39, 0.29) is 5.91 Å². The smallest absolute Gasteiger partial charge is 0.255 e. The van der Waals surface area contributed by atoms with Crippen LogP contribution in [0.25, 0.3) is 16.6 Å². The zero-order valence-corrected chi connectivity index (χ0v) is 14.6. The number of rotatable bonds is 3. The quantitative estimate of drug-likeness (QED) is 0.560. The highest BCUT2D eigenvalue weighted by molar-refractivity contribution is 9.10. The minimum Gasteiger partial charge on any atom is -0.320 e. The van der Waals surface area contributed by atoms with Gasteiger partial charge in [-0.05, 0) is 52.3 Å². The maximum absolute atomic E-state index is 12.5. The molecule has 0 saturated carbocycles. The van der Waals surface area contributed by atoms with E-state index >= 15 is 0 Å². The summed E-state index contributed by atoms with van der Waals surface area (Å²) >= 11 is 3.37. The number of anilines is 1. The first-order chi connectivity index (χ1) is 12.2. The lowest BCUT2D eigenvalue weighted by Crippen LogP contribution is -2.12. The summed E-state index contributed by atoms with van der Waals surface area (Å²) in [6.07, 6.45) is 5.29. The van der Waals surface area contributed by atoms with Gasteiger partial charge >= 0.3 is 0 Å². The Balaban J connectivity index is 1.58. The van der Waals surface area contributed by atoms with Crippen molar-refractivity contribution >= 4 is 38.4 Å². The molecule has 0 fully saturated rings. The third kappa shape index (κ3) is 3.16. The number of fused-ring (bicyclic) bond motifs is 1. The number of para-hydroxylation sites is 1. The maximum Gasteiger partial charge on any atom is 0.255 e. The predicted molar refractivity (Wildman–Crippen MR) is 101 cm³/mol. The van der Waals surface area contributed by atoms with Crippen molar-refractivity contribution in [1.29, 1.82) is 0 Å². The molecule has 4 aromatic rings. The summed E-state index contributed by atoms with van der Waals surface area (Å²) in [5.74, 6) is -0.175. The molecular weight excluding hydrogens is 380 g/mol. The van der Waals surface area contributed by atoms with Gasteiger partial charge in [0.05, 0.1) is 27.6 Å². The Morgan fingerprint density at radius 1 is 1.04 bits per heavy atom. The highest BCUT2D eigenvalue weighted by Gasteiger charge is 2.09. The van der Waals surface area contributed by atoms with Crippen LogP contribution in [0.3, 0.4) is 0 Å². The monoisotopic (exact) mass is 392 g/mol. The van der Waals surface area contributed by atoms with Gasteiger partial charge in [0.2, 0.25) is 0 Å². The second-order valence-corrected chi connectivity index (χ2v) is 6.40. The Morgan fingerprint density at radius 3 is 2.60 bits per heavy atom. The Morgan fingerprint density at radius 2 is 1.84 bits per heavy atom. The van der Waals surface area contributed by atoms with E-state index in [1.165, 1.54) is 0 Å². The van der Waals surface area contributed by atoms with Crippen molar-refractivity contribution in [3.8, 4) is 5.69 Å². The Kier molecular flexibility index (Phi) is 4.03. The normalized spacial score (nSPS) is 10.8. The summed E-state index contributed by atoms with van der Waals surface area (Å²) < 4.78 is 2.64. The molecule has 0 bridgehead atoms. The molecule has 2 heterocycles. The fourth-order valence-electron chi connectivity index (χ4n) is 2.61. The summed E-state index contributed by atoms with van der Waals surface area (Å²) in [6, 6.07) is 16.8. The zero-order valence-electron chi connectivity index (χ0n) is 13.1. The Bertz CT molecular complexity index is 1050. The molecule has 0 aliphatic rings. The Labute approximate surface area is 152 Å². The number of amides is 1. The van der Waals surface area contributed by atoms with Crippen molar-refractivity contribution in [2.24, 2.45) is 0 Å². The lowest BCUT2D eigenvalue weighted by molar-refractivity contribution is 0.102. The number of carbonyl (C=O) groups is 1. The fraction of sp³-hybridized carbons (Fsp3) is 0. The van der Waals surface area contributed by atoms with E-state index in [0.29, 0.717) is 11.3 Å². The van der Waals surface area contributed by atoms with Crippen molar-refractivity contribution in [1.82, 2.24) is 14.8 Å². The highest BCUT2D eigenvalue weighted by atomic mass is 79.9. The second-order valence-electron chi connectivity index (χ2n) is 5.48. The number of pyridine rings is 1. The predicted octanol–water partition coefficient (Wildman–Crippen LogP) is 4.44. The molecule has 0 atom stereocenters. The number of aromatic nitrogens is 3. The third-order valence-corrected chi connectivity index (χ3v) is 4.24. The molecule has 0 radical (unpaired) electrons. The van der Waals surface area contributed by atoms with Gasteiger partial charge in [0.15, 0.2) is 0 Å². The van der Waals surface area contributed by atoms with Crippen LogP contribution in [0.5, 0.6) is 0 Å². The molecule has 4 rings (SSSR count). The first-order valence-electron chi connectivity index (χ1n) is 7.66. The topological polar surface area (TPSA) is 59.8 Å². The van der Waals surface area contributed by atoms with Crippen LogP contribution in [0.2, 0.25) is 0 Å². The van der Waals surface area contributed by atoms with Crippen molar-refractivity contribution in [2.45, 2.75) is 0 Å². The number of benzene rings is 2. The molecule has 0 aliphatic carbocycles. The molecule has 0 saturated heterocycles. The van der Waals surface area contributed by atoms with E-state index in [1.54, 1.807) is 29.2 Å². The number of carbonyl (C=O) groups excluding carboxylic acids is 1. The van der Waals surface area contributed by atoms with Gasteiger partial charge in [0.25, 0.3) is 5.91 Å². The summed E-state index contributed by atoms with van der Waals surface area (Å²) in [7, 11) is 0. The van der Waals surface area contributed by atoms with Crippen LogP contribution >= 0.6 is 15.9 Å². The van der Waals surface area contributed by atoms with Gasteiger partial charge < -0.3 is 5.32 Å². The van der Waals surface area contributed by atoms with Crippen LogP contribution in [0.4, 0.5) is 5.69 Å². The third-order valence-electron chi connectivity index (χ3n) is 3.83. The number of nitrogens with one attached hydrogen (secondary N) is 1. The van der Waals surface area contributed by atoms with Gasteiger partial charge in [-0.1, -0.05) is 18.2 Å². The zero-order chi connectivity index (χ0) is 17.2. The number of hydrogen-bond donors (Lipinski definition) is 1. The van der Waals surface area contributed by atoms with E-state index < -0.39 is 0 Å². The number of halogens is 1. The molecule has 25 heavy (non-hydrogen) atoms. The van der Waals surface area contributed by atoms with Gasteiger partial charge in [-0.15, -0.1) is 0 Å². The van der Waals surface area contributed by atoms with Crippen LogP contribution in [0.15, 0.2) is 77.7 Å². The van der Waals surface area contributed by atoms with Crippen molar-refractivity contribution in [3.63, 3.8) is 0 Å². The summed E-state index contributed by atoms with van der Waals surface area (Å²) in [4.78, 5) is 16.9. The van der Waals surface area contributed by atoms with Crippen LogP contribution < -0.4 is 5.32 Å². The summed E-state index contributed by atoms with van der Waals surface area (Å²) in [5, 5.41) is 8.14. The second kappa shape index (κ2) is 6.49. The molecule has 5 nitrogen and oxygen atoms in total. The average molecular weight is 393 g/mol. The molecule has 1 N–H and O–H groups in total. The minimum absolute atomic E-state index is 0.175. The Hall–Kier alpha value is -2.99. The summed E-state index contributed by atoms with van der Waals surface area (Å²) in [5.41, 5.74) is 2.93. The van der Waals surface area contributed by atoms with E-state index in [9.17, 15) is 4.79 Å². The van der Waals surface area contributed by atoms with Crippen molar-refractivity contribution in [3.05, 3.63) is 83.2 Å². The van der Waals surface area contributed by atoms with E-state index in [4.69, 9.17) is 0 Å². The molecule has 0 spiro atoms. The maximum atomic E-state index is 12.5. The van der Waals surface area contributed by atoms with Gasteiger partial charge in [0.1, 0.15) is 0 Å². The summed E-state index contributed by atoms with van der Waals surface area (Å²) in [6.45, 7) is 0. The van der Waals surface area contributed by atoms with E-state index in [2.05, 4.69) is 31.3 Å². The molecule has 2 aromatic heterocycles.